The third kappa shape index (κ3) is 4.31. The van der Waals surface area contributed by atoms with Gasteiger partial charge in [-0.1, -0.05) is 14.8 Å². The second-order valence-corrected chi connectivity index (χ2v) is 9.83. The van der Waals surface area contributed by atoms with Crippen molar-refractivity contribution in [3.63, 3.8) is 0 Å². The van der Waals surface area contributed by atoms with E-state index < -0.39 is 36.1 Å². The van der Waals surface area contributed by atoms with Crippen molar-refractivity contribution in [3.8, 4) is 0 Å². The molecule has 6 N–H and O–H groups in total. The molecule has 2 atom stereocenters. The molecule has 0 bridgehead atoms. The average molecular weight is 549 g/mol. The number of hydrogen-bond acceptors (Lipinski definition) is 11. The number of carbonyl (C=O) groups excluding carboxylic acids is 2. The van der Waals surface area contributed by atoms with Gasteiger partial charge in [0.25, 0.3) is 18.7 Å². The van der Waals surface area contributed by atoms with Crippen LogP contribution in [0.5, 0.6) is 0 Å². The van der Waals surface area contributed by atoms with E-state index in [1.165, 1.54) is 21.7 Å². The molecule has 2 aliphatic heterocycles. The fourth-order valence-electron chi connectivity index (χ4n) is 4.07. The highest BCUT2D eigenvalue weighted by Crippen LogP contribution is 2.40. The first-order chi connectivity index (χ1) is 17.8. The standard InChI is InChI=1S/C20H18FN9O5S2/c21-8-35-27-13(10-7-37-20(23)25-10)16(31)26-14-17(32)29-15(19(33)34)9(6-36-18(14)29)5-28-4-2-11(22)30-12(28)1-3-24-30/h1-4,7,14,18,22H,5-6,8H2,(H4,23,25,26,31,33,34)/p+1/t14-,18+/m1/s1. The second kappa shape index (κ2) is 9.66. The van der Waals surface area contributed by atoms with E-state index in [2.05, 4.69) is 25.4 Å². The summed E-state index contributed by atoms with van der Waals surface area (Å²) in [6.45, 7) is -1.10. The van der Waals surface area contributed by atoms with Crippen LogP contribution in [0.1, 0.15) is 5.69 Å². The first-order valence-corrected chi connectivity index (χ1v) is 12.5. The minimum absolute atomic E-state index is 0.0495. The summed E-state index contributed by atoms with van der Waals surface area (Å²) in [6.07, 6.45) is 3.28. The maximum absolute atomic E-state index is 13.0. The van der Waals surface area contributed by atoms with Crippen LogP contribution in [0.2, 0.25) is 0 Å². The molecule has 0 radical (unpaired) electrons. The summed E-state index contributed by atoms with van der Waals surface area (Å²) < 4.78 is 15.8. The molecule has 5 heterocycles. The smallest absolute Gasteiger partial charge is 0.352 e. The summed E-state index contributed by atoms with van der Waals surface area (Å²) in [5.74, 6) is -2.02. The van der Waals surface area contributed by atoms with Crippen molar-refractivity contribution in [3.05, 3.63) is 46.9 Å². The Bertz CT molecular complexity index is 1490. The third-order valence-corrected chi connectivity index (χ3v) is 7.68. The number of nitrogens with two attached hydrogens (primary N) is 2. The second-order valence-electron chi connectivity index (χ2n) is 7.84. The molecule has 0 spiro atoms. The van der Waals surface area contributed by atoms with E-state index in [1.54, 1.807) is 29.1 Å². The number of carboxylic acid groups (broad SMARTS) is 1. The molecular weight excluding hydrogens is 529 g/mol. The fourth-order valence-corrected chi connectivity index (χ4v) is 5.95. The van der Waals surface area contributed by atoms with E-state index in [0.717, 1.165) is 16.2 Å². The van der Waals surface area contributed by atoms with Crippen LogP contribution < -0.4 is 21.4 Å². The van der Waals surface area contributed by atoms with Crippen LogP contribution in [-0.2, 0) is 25.8 Å². The molecule has 1 fully saturated rings. The molecule has 0 aromatic carbocycles. The number of nitrogens with one attached hydrogen (secondary N) is 1. The number of alkyl halides is 1. The lowest BCUT2D eigenvalue weighted by molar-refractivity contribution is -0.666. The number of rotatable bonds is 8. The highest BCUT2D eigenvalue weighted by Gasteiger charge is 2.54. The number of anilines is 2. The van der Waals surface area contributed by atoms with Gasteiger partial charge in [-0.3, -0.25) is 14.5 Å². The van der Waals surface area contributed by atoms with Crippen LogP contribution in [0.15, 0.2) is 46.3 Å². The zero-order valence-corrected chi connectivity index (χ0v) is 20.4. The maximum Gasteiger partial charge on any atom is 0.352 e. The number of β-lactam (4-membered cyclic amide) rings is 1. The molecule has 2 aliphatic rings. The highest BCUT2D eigenvalue weighted by molar-refractivity contribution is 8.00. The number of halogens is 1. The Morgan fingerprint density at radius 3 is 2.89 bits per heavy atom. The normalized spacial score (nSPS) is 19.5. The summed E-state index contributed by atoms with van der Waals surface area (Å²) in [5, 5.41) is 21.0. The van der Waals surface area contributed by atoms with Crippen LogP contribution in [0.3, 0.4) is 0 Å². The summed E-state index contributed by atoms with van der Waals surface area (Å²) in [6, 6.07) is 2.34. The molecule has 14 nitrogen and oxygen atoms in total. The maximum atomic E-state index is 13.0. The number of fused-ring (bicyclic) bond motifs is 2. The number of aromatic nitrogens is 4. The number of oxime groups is 1. The van der Waals surface area contributed by atoms with Gasteiger partial charge in [0.05, 0.1) is 18.5 Å². The van der Waals surface area contributed by atoms with Crippen LogP contribution in [0.25, 0.3) is 5.65 Å². The number of thioether (sulfide) groups is 1. The van der Waals surface area contributed by atoms with E-state index in [1.807, 2.05) is 0 Å². The Labute approximate surface area is 215 Å². The van der Waals surface area contributed by atoms with E-state index in [4.69, 9.17) is 11.5 Å². The van der Waals surface area contributed by atoms with Crippen molar-refractivity contribution in [1.29, 1.82) is 0 Å². The molecule has 5 rings (SSSR count). The van der Waals surface area contributed by atoms with Gasteiger partial charge < -0.3 is 26.7 Å². The number of nitrogen functional groups attached to an aromatic ring is 2. The predicted molar refractivity (Wildman–Crippen MR) is 130 cm³/mol. The van der Waals surface area contributed by atoms with Crippen LogP contribution >= 0.6 is 23.1 Å². The summed E-state index contributed by atoms with van der Waals surface area (Å²) in [4.78, 5) is 47.6. The molecule has 37 heavy (non-hydrogen) atoms. The van der Waals surface area contributed by atoms with Crippen LogP contribution in [0, 0.1) is 0 Å². The quantitative estimate of drug-likeness (QED) is 0.121. The molecule has 1 saturated heterocycles. The van der Waals surface area contributed by atoms with E-state index >= 15 is 0 Å². The fraction of sp³-hybridized carbons (Fsp3) is 0.250. The molecule has 0 unspecified atom stereocenters. The highest BCUT2D eigenvalue weighted by atomic mass is 32.2. The average Bonchev–Trinajstić information content (AvgIpc) is 3.54. The molecular formula is C20H19FN9O5S2+. The largest absolute Gasteiger partial charge is 0.477 e. The first kappa shape index (κ1) is 24.4. The van der Waals surface area contributed by atoms with Crippen molar-refractivity contribution in [2.45, 2.75) is 18.0 Å². The summed E-state index contributed by atoms with van der Waals surface area (Å²) in [7, 11) is 0. The topological polar surface area (TPSA) is 194 Å². The van der Waals surface area contributed by atoms with Gasteiger partial charge in [-0.05, 0) is 0 Å². The number of carbonyl (C=O) groups is 3. The lowest BCUT2D eigenvalue weighted by Gasteiger charge is -2.49. The summed E-state index contributed by atoms with van der Waals surface area (Å²) in [5.41, 5.74) is 12.2. The van der Waals surface area contributed by atoms with Gasteiger partial charge in [-0.15, -0.1) is 23.1 Å². The van der Waals surface area contributed by atoms with E-state index in [9.17, 15) is 23.9 Å². The number of amides is 2. The number of hydrogen-bond donors (Lipinski definition) is 4. The molecule has 192 valence electrons. The Morgan fingerprint density at radius 2 is 2.19 bits per heavy atom. The van der Waals surface area contributed by atoms with E-state index in [-0.39, 0.29) is 34.5 Å². The molecule has 3 aromatic heterocycles. The van der Waals surface area contributed by atoms with Gasteiger partial charge in [-0.2, -0.15) is 0 Å². The minimum Gasteiger partial charge on any atom is -0.477 e. The monoisotopic (exact) mass is 548 g/mol. The van der Waals surface area contributed by atoms with Gasteiger partial charge >= 0.3 is 11.6 Å². The Balaban J connectivity index is 1.38. The van der Waals surface area contributed by atoms with Crippen molar-refractivity contribution in [2.24, 2.45) is 5.16 Å². The van der Waals surface area contributed by atoms with Gasteiger partial charge in [0.1, 0.15) is 29.4 Å². The summed E-state index contributed by atoms with van der Waals surface area (Å²) >= 11 is 2.34. The van der Waals surface area contributed by atoms with Gasteiger partial charge in [0.2, 0.25) is 5.82 Å². The van der Waals surface area contributed by atoms with E-state index in [0.29, 0.717) is 17.0 Å². The molecule has 3 aromatic rings. The molecule has 17 heteroatoms. The first-order valence-electron chi connectivity index (χ1n) is 10.6. The predicted octanol–water partition coefficient (Wildman–Crippen LogP) is -0.671. The van der Waals surface area contributed by atoms with Crippen molar-refractivity contribution in [1.82, 2.24) is 24.8 Å². The lowest BCUT2D eigenvalue weighted by atomic mass is 10.0. The van der Waals surface area contributed by atoms with Crippen LogP contribution in [0.4, 0.5) is 15.3 Å². The third-order valence-electron chi connectivity index (χ3n) is 5.67. The Kier molecular flexibility index (Phi) is 6.38. The Hall–Kier alpha value is -4.25. The SMILES string of the molecule is Nc1nc(C(=NOCF)C(=O)N[C@@H]2C(=O)N3C(C(=O)O)=C(C[n+]4ccc(N)n5nccc54)CS[C@@H]23)cs1. The van der Waals surface area contributed by atoms with Gasteiger partial charge in [0.15, 0.2) is 10.8 Å². The number of carboxylic acids is 1. The van der Waals surface area contributed by atoms with Crippen molar-refractivity contribution < 1.29 is 33.3 Å². The molecule has 2 amide bonds. The Morgan fingerprint density at radius 1 is 1.38 bits per heavy atom. The number of nitrogens with zero attached hydrogens (tertiary/aromatic N) is 6. The van der Waals surface area contributed by atoms with Gasteiger partial charge in [0, 0.05) is 22.8 Å². The van der Waals surface area contributed by atoms with Crippen molar-refractivity contribution in [2.75, 3.05) is 24.1 Å². The minimum atomic E-state index is -1.28. The zero-order chi connectivity index (χ0) is 26.3. The lowest BCUT2D eigenvalue weighted by Crippen LogP contribution is -2.71. The molecule has 0 saturated carbocycles. The number of aliphatic carboxylic acids is 1. The number of thiazole rings is 1. The van der Waals surface area contributed by atoms with Crippen molar-refractivity contribution >= 4 is 63.2 Å². The molecule has 0 aliphatic carbocycles. The van der Waals surface area contributed by atoms with Gasteiger partial charge in [-0.25, -0.2) is 18.7 Å². The van der Waals surface area contributed by atoms with Crippen LogP contribution in [-0.4, -0.2) is 72.1 Å². The zero-order valence-electron chi connectivity index (χ0n) is 18.8.